The Labute approximate surface area is 165 Å². The molecule has 1 amide bonds. The molecule has 0 radical (unpaired) electrons. The number of ether oxygens (including phenoxy) is 1. The molecule has 150 valence electrons. The fourth-order valence-corrected chi connectivity index (χ4v) is 2.64. The Morgan fingerprint density at radius 1 is 1.00 bits per heavy atom. The lowest BCUT2D eigenvalue weighted by molar-refractivity contribution is -0.137. The molecule has 0 N–H and O–H groups in total. The van der Waals surface area contributed by atoms with E-state index < -0.39 is 17.6 Å². The number of anilines is 1. The SMILES string of the molecule is CCN(C(=O)c1cnc(OCc2ccccc2)cn1)c1ccc(C(F)(F)F)cc1. The molecule has 0 aliphatic carbocycles. The van der Waals surface area contributed by atoms with Crippen molar-refractivity contribution in [3.05, 3.63) is 83.8 Å². The van der Waals surface area contributed by atoms with Crippen LogP contribution in [0.5, 0.6) is 5.88 Å². The second-order valence-corrected chi connectivity index (χ2v) is 6.11. The first-order valence-electron chi connectivity index (χ1n) is 8.86. The molecule has 2 aromatic carbocycles. The molecule has 1 heterocycles. The van der Waals surface area contributed by atoms with Crippen LogP contribution in [0.25, 0.3) is 0 Å². The highest BCUT2D eigenvalue weighted by Gasteiger charge is 2.30. The van der Waals surface area contributed by atoms with Gasteiger partial charge in [-0.05, 0) is 36.8 Å². The summed E-state index contributed by atoms with van der Waals surface area (Å²) in [5, 5.41) is 0. The van der Waals surface area contributed by atoms with Crippen LogP contribution >= 0.6 is 0 Å². The van der Waals surface area contributed by atoms with Crippen molar-refractivity contribution in [1.82, 2.24) is 9.97 Å². The van der Waals surface area contributed by atoms with Crippen molar-refractivity contribution in [2.45, 2.75) is 19.7 Å². The average Bonchev–Trinajstić information content (AvgIpc) is 2.73. The minimum Gasteiger partial charge on any atom is -0.472 e. The minimum atomic E-state index is -4.43. The van der Waals surface area contributed by atoms with Gasteiger partial charge in [0.15, 0.2) is 0 Å². The highest BCUT2D eigenvalue weighted by atomic mass is 19.4. The van der Waals surface area contributed by atoms with Crippen LogP contribution in [-0.2, 0) is 12.8 Å². The summed E-state index contributed by atoms with van der Waals surface area (Å²) >= 11 is 0. The number of benzene rings is 2. The van der Waals surface area contributed by atoms with Crippen LogP contribution in [0, 0.1) is 0 Å². The molecule has 0 aliphatic heterocycles. The molecule has 29 heavy (non-hydrogen) atoms. The topological polar surface area (TPSA) is 55.3 Å². The maximum Gasteiger partial charge on any atom is 0.416 e. The van der Waals surface area contributed by atoms with Gasteiger partial charge in [-0.3, -0.25) is 4.79 Å². The zero-order chi connectivity index (χ0) is 20.9. The third-order valence-electron chi connectivity index (χ3n) is 4.14. The largest absolute Gasteiger partial charge is 0.472 e. The summed E-state index contributed by atoms with van der Waals surface area (Å²) in [5.41, 5.74) is 0.605. The molecule has 0 spiro atoms. The smallest absolute Gasteiger partial charge is 0.416 e. The number of carbonyl (C=O) groups excluding carboxylic acids is 1. The standard InChI is InChI=1S/C21H18F3N3O2/c1-2-27(17-10-8-16(9-11-17)21(22,23)24)20(28)18-12-26-19(13-25-18)29-14-15-6-4-3-5-7-15/h3-13H,2,14H2,1H3. The van der Waals surface area contributed by atoms with Crippen molar-refractivity contribution in [3.8, 4) is 5.88 Å². The Kier molecular flexibility index (Phi) is 6.11. The Hall–Kier alpha value is -3.42. The number of carbonyl (C=O) groups is 1. The molecule has 0 aliphatic rings. The Bertz CT molecular complexity index is 944. The Morgan fingerprint density at radius 2 is 1.69 bits per heavy atom. The molecular formula is C21H18F3N3O2. The van der Waals surface area contributed by atoms with Gasteiger partial charge in [0.05, 0.1) is 18.0 Å². The van der Waals surface area contributed by atoms with Gasteiger partial charge in [-0.15, -0.1) is 0 Å². The quantitative estimate of drug-likeness (QED) is 0.599. The van der Waals surface area contributed by atoms with Crippen LogP contribution in [0.1, 0.15) is 28.5 Å². The lowest BCUT2D eigenvalue weighted by Crippen LogP contribution is -2.31. The van der Waals surface area contributed by atoms with E-state index in [4.69, 9.17) is 4.74 Å². The van der Waals surface area contributed by atoms with Gasteiger partial charge in [-0.25, -0.2) is 9.97 Å². The summed E-state index contributed by atoms with van der Waals surface area (Å²) in [6, 6.07) is 13.9. The number of amides is 1. The van der Waals surface area contributed by atoms with Gasteiger partial charge >= 0.3 is 6.18 Å². The molecule has 8 heteroatoms. The van der Waals surface area contributed by atoms with Gasteiger partial charge in [0.2, 0.25) is 5.88 Å². The van der Waals surface area contributed by atoms with Crippen molar-refractivity contribution in [2.24, 2.45) is 0 Å². The molecule has 0 saturated carbocycles. The number of halogens is 3. The Morgan fingerprint density at radius 3 is 2.24 bits per heavy atom. The van der Waals surface area contributed by atoms with Crippen molar-refractivity contribution < 1.29 is 22.7 Å². The summed E-state index contributed by atoms with van der Waals surface area (Å²) in [5.74, 6) is -0.197. The fraction of sp³-hybridized carbons (Fsp3) is 0.190. The van der Waals surface area contributed by atoms with Crippen LogP contribution in [0.2, 0.25) is 0 Å². The zero-order valence-corrected chi connectivity index (χ0v) is 15.6. The fourth-order valence-electron chi connectivity index (χ4n) is 2.64. The van der Waals surface area contributed by atoms with Gasteiger partial charge in [0.25, 0.3) is 5.91 Å². The first-order valence-corrected chi connectivity index (χ1v) is 8.86. The molecule has 1 aromatic heterocycles. The predicted octanol–water partition coefficient (Wildman–Crippen LogP) is 4.74. The van der Waals surface area contributed by atoms with E-state index in [0.29, 0.717) is 12.3 Å². The van der Waals surface area contributed by atoms with Crippen molar-refractivity contribution in [2.75, 3.05) is 11.4 Å². The minimum absolute atomic E-state index is 0.0683. The number of aromatic nitrogens is 2. The molecule has 5 nitrogen and oxygen atoms in total. The average molecular weight is 401 g/mol. The van der Waals surface area contributed by atoms with E-state index in [1.165, 1.54) is 29.4 Å². The number of rotatable bonds is 6. The first kappa shape index (κ1) is 20.3. The molecule has 0 bridgehead atoms. The summed E-state index contributed by atoms with van der Waals surface area (Å²) in [6.45, 7) is 2.30. The van der Waals surface area contributed by atoms with Crippen molar-refractivity contribution >= 4 is 11.6 Å². The number of hydrogen-bond donors (Lipinski definition) is 0. The van der Waals surface area contributed by atoms with Crippen LogP contribution in [-0.4, -0.2) is 22.4 Å². The summed E-state index contributed by atoms with van der Waals surface area (Å²) < 4.78 is 43.7. The van der Waals surface area contributed by atoms with Gasteiger partial charge in [-0.1, -0.05) is 30.3 Å². The molecule has 3 rings (SSSR count). The van der Waals surface area contributed by atoms with E-state index in [1.807, 2.05) is 30.3 Å². The number of alkyl halides is 3. The summed E-state index contributed by atoms with van der Waals surface area (Å²) in [6.07, 6.45) is -1.80. The van der Waals surface area contributed by atoms with E-state index in [9.17, 15) is 18.0 Å². The highest BCUT2D eigenvalue weighted by Crippen LogP contribution is 2.30. The third-order valence-corrected chi connectivity index (χ3v) is 4.14. The molecule has 0 saturated heterocycles. The lowest BCUT2D eigenvalue weighted by Gasteiger charge is -2.21. The maximum atomic E-state index is 12.7. The van der Waals surface area contributed by atoms with E-state index in [1.54, 1.807) is 6.92 Å². The van der Waals surface area contributed by atoms with E-state index in [-0.39, 0.29) is 18.1 Å². The van der Waals surface area contributed by atoms with Crippen LogP contribution in [0.4, 0.5) is 18.9 Å². The molecule has 0 atom stereocenters. The summed E-state index contributed by atoms with van der Waals surface area (Å²) in [7, 11) is 0. The normalized spacial score (nSPS) is 11.2. The lowest BCUT2D eigenvalue weighted by atomic mass is 10.2. The van der Waals surface area contributed by atoms with Crippen molar-refractivity contribution in [3.63, 3.8) is 0 Å². The monoisotopic (exact) mass is 401 g/mol. The third kappa shape index (κ3) is 5.10. The maximum absolute atomic E-state index is 12.7. The highest BCUT2D eigenvalue weighted by molar-refractivity contribution is 6.04. The van der Waals surface area contributed by atoms with E-state index in [0.717, 1.165) is 17.7 Å². The number of hydrogen-bond acceptors (Lipinski definition) is 4. The van der Waals surface area contributed by atoms with Gasteiger partial charge in [0.1, 0.15) is 12.3 Å². The second kappa shape index (κ2) is 8.72. The number of nitrogens with zero attached hydrogens (tertiary/aromatic N) is 3. The first-order chi connectivity index (χ1) is 13.9. The predicted molar refractivity (Wildman–Crippen MR) is 102 cm³/mol. The van der Waals surface area contributed by atoms with E-state index in [2.05, 4.69) is 9.97 Å². The Balaban J connectivity index is 1.69. The van der Waals surface area contributed by atoms with E-state index >= 15 is 0 Å². The zero-order valence-electron chi connectivity index (χ0n) is 15.6. The van der Waals surface area contributed by atoms with Gasteiger partial charge < -0.3 is 9.64 Å². The molecule has 0 unspecified atom stereocenters. The van der Waals surface area contributed by atoms with Crippen molar-refractivity contribution in [1.29, 1.82) is 0 Å². The van der Waals surface area contributed by atoms with Crippen LogP contribution in [0.15, 0.2) is 67.0 Å². The van der Waals surface area contributed by atoms with Gasteiger partial charge in [0, 0.05) is 12.2 Å². The van der Waals surface area contributed by atoms with Crippen LogP contribution < -0.4 is 9.64 Å². The molecular weight excluding hydrogens is 383 g/mol. The second-order valence-electron chi connectivity index (χ2n) is 6.11. The van der Waals surface area contributed by atoms with Gasteiger partial charge in [-0.2, -0.15) is 13.2 Å². The summed E-state index contributed by atoms with van der Waals surface area (Å²) in [4.78, 5) is 22.2. The molecule has 3 aromatic rings. The van der Waals surface area contributed by atoms with Crippen LogP contribution in [0.3, 0.4) is 0 Å². The molecule has 0 fully saturated rings.